The van der Waals surface area contributed by atoms with Crippen LogP contribution in [-0.2, 0) is 10.0 Å². The normalized spacial score (nSPS) is 11.0. The molecule has 0 spiro atoms. The molecule has 0 aliphatic rings. The number of ether oxygens (including phenoxy) is 2. The molecule has 0 atom stereocenters. The van der Waals surface area contributed by atoms with Gasteiger partial charge in [0, 0.05) is 17.8 Å². The smallest absolute Gasteiger partial charge is 0.266 e. The number of pyridine rings is 1. The summed E-state index contributed by atoms with van der Waals surface area (Å²) < 4.78 is 38.1. The highest BCUT2D eigenvalue weighted by atomic mass is 32.2. The van der Waals surface area contributed by atoms with Crippen molar-refractivity contribution < 1.29 is 17.9 Å². The summed E-state index contributed by atoms with van der Waals surface area (Å²) in [5.74, 6) is 0.923. The molecule has 1 heterocycles. The van der Waals surface area contributed by atoms with Gasteiger partial charge in [0.05, 0.1) is 14.2 Å². The molecule has 0 saturated heterocycles. The van der Waals surface area contributed by atoms with Crippen LogP contribution in [0.4, 0.5) is 5.82 Å². The summed E-state index contributed by atoms with van der Waals surface area (Å²) in [6, 6.07) is 17.7. The molecule has 7 heteroatoms. The van der Waals surface area contributed by atoms with E-state index in [2.05, 4.69) is 9.71 Å². The molecule has 0 unspecified atom stereocenters. The molecule has 6 nitrogen and oxygen atoms in total. The van der Waals surface area contributed by atoms with Crippen molar-refractivity contribution in [3.05, 3.63) is 66.9 Å². The zero-order valence-electron chi connectivity index (χ0n) is 14.3. The molecular weight excluding hydrogens is 352 g/mol. The molecule has 1 N–H and O–H groups in total. The Labute approximate surface area is 152 Å². The monoisotopic (exact) mass is 370 g/mol. The maximum Gasteiger partial charge on any atom is 0.266 e. The number of nitrogens with one attached hydrogen (secondary N) is 1. The van der Waals surface area contributed by atoms with Gasteiger partial charge in [0.2, 0.25) is 0 Å². The number of anilines is 1. The van der Waals surface area contributed by atoms with Crippen molar-refractivity contribution in [3.63, 3.8) is 0 Å². The largest absolute Gasteiger partial charge is 0.497 e. The molecule has 0 aliphatic heterocycles. The van der Waals surface area contributed by atoms with Gasteiger partial charge in [-0.05, 0) is 29.8 Å². The van der Waals surface area contributed by atoms with E-state index in [-0.39, 0.29) is 16.5 Å². The van der Waals surface area contributed by atoms with E-state index in [1.165, 1.54) is 26.4 Å². The van der Waals surface area contributed by atoms with Crippen LogP contribution in [0.15, 0.2) is 71.8 Å². The Balaban J connectivity index is 1.86. The minimum absolute atomic E-state index is 0.00901. The predicted octanol–water partition coefficient (Wildman–Crippen LogP) is 3.57. The fourth-order valence-corrected chi connectivity index (χ4v) is 3.61. The van der Waals surface area contributed by atoms with E-state index >= 15 is 0 Å². The highest BCUT2D eigenvalue weighted by molar-refractivity contribution is 7.92. The molecular formula is C19H18N2O4S. The third kappa shape index (κ3) is 3.78. The average Bonchev–Trinajstić information content (AvgIpc) is 2.68. The molecule has 26 heavy (non-hydrogen) atoms. The Morgan fingerprint density at radius 2 is 1.65 bits per heavy atom. The summed E-state index contributed by atoms with van der Waals surface area (Å²) in [4.78, 5) is 4.21. The SMILES string of the molecule is COc1ccc(S(=O)(=O)Nc2ccc(-c3ccccc3)cn2)c(OC)c1. The zero-order valence-corrected chi connectivity index (χ0v) is 15.2. The first kappa shape index (κ1) is 17.8. The van der Waals surface area contributed by atoms with Crippen LogP contribution in [0.2, 0.25) is 0 Å². The molecule has 0 saturated carbocycles. The van der Waals surface area contributed by atoms with E-state index < -0.39 is 10.0 Å². The summed E-state index contributed by atoms with van der Waals surface area (Å²) in [6.45, 7) is 0. The lowest BCUT2D eigenvalue weighted by Gasteiger charge is -2.12. The fourth-order valence-electron chi connectivity index (χ4n) is 2.45. The number of benzene rings is 2. The zero-order chi connectivity index (χ0) is 18.6. The third-order valence-electron chi connectivity index (χ3n) is 3.77. The second kappa shape index (κ2) is 7.45. The molecule has 0 bridgehead atoms. The van der Waals surface area contributed by atoms with Crippen LogP contribution in [0.3, 0.4) is 0 Å². The van der Waals surface area contributed by atoms with Gasteiger partial charge in [0.15, 0.2) is 0 Å². The first-order valence-electron chi connectivity index (χ1n) is 7.80. The maximum absolute atomic E-state index is 12.7. The Bertz CT molecular complexity index is 988. The molecule has 3 rings (SSSR count). The minimum atomic E-state index is -3.85. The van der Waals surface area contributed by atoms with Crippen LogP contribution >= 0.6 is 0 Å². The molecule has 0 amide bonds. The van der Waals surface area contributed by atoms with Crippen molar-refractivity contribution in [1.29, 1.82) is 0 Å². The van der Waals surface area contributed by atoms with Gasteiger partial charge in [0.25, 0.3) is 10.0 Å². The second-order valence-electron chi connectivity index (χ2n) is 5.42. The van der Waals surface area contributed by atoms with Crippen molar-refractivity contribution in [2.75, 3.05) is 18.9 Å². The lowest BCUT2D eigenvalue weighted by atomic mass is 10.1. The van der Waals surface area contributed by atoms with Gasteiger partial charge in [-0.2, -0.15) is 0 Å². The fraction of sp³-hybridized carbons (Fsp3) is 0.105. The van der Waals surface area contributed by atoms with E-state index in [9.17, 15) is 8.42 Å². The van der Waals surface area contributed by atoms with Gasteiger partial charge in [-0.1, -0.05) is 30.3 Å². The lowest BCUT2D eigenvalue weighted by Crippen LogP contribution is -2.15. The Morgan fingerprint density at radius 1 is 0.885 bits per heavy atom. The average molecular weight is 370 g/mol. The number of rotatable bonds is 6. The van der Waals surface area contributed by atoms with Crippen LogP contribution in [0, 0.1) is 0 Å². The van der Waals surface area contributed by atoms with Gasteiger partial charge >= 0.3 is 0 Å². The number of nitrogens with zero attached hydrogens (tertiary/aromatic N) is 1. The van der Waals surface area contributed by atoms with Crippen molar-refractivity contribution >= 4 is 15.8 Å². The second-order valence-corrected chi connectivity index (χ2v) is 7.07. The maximum atomic E-state index is 12.7. The molecule has 2 aromatic carbocycles. The van der Waals surface area contributed by atoms with E-state index in [0.717, 1.165) is 11.1 Å². The van der Waals surface area contributed by atoms with E-state index in [4.69, 9.17) is 9.47 Å². The number of methoxy groups -OCH3 is 2. The topological polar surface area (TPSA) is 77.5 Å². The van der Waals surface area contributed by atoms with E-state index in [1.54, 1.807) is 18.3 Å². The lowest BCUT2D eigenvalue weighted by molar-refractivity contribution is 0.386. The van der Waals surface area contributed by atoms with Crippen LogP contribution in [-0.4, -0.2) is 27.6 Å². The Kier molecular flexibility index (Phi) is 5.09. The third-order valence-corrected chi connectivity index (χ3v) is 5.16. The molecule has 3 aromatic rings. The van der Waals surface area contributed by atoms with Gasteiger partial charge < -0.3 is 9.47 Å². The standard InChI is InChI=1S/C19H18N2O4S/c1-24-16-9-10-18(17(12-16)25-2)26(22,23)21-19-11-8-15(13-20-19)14-6-4-3-5-7-14/h3-13H,1-2H3,(H,20,21). The molecule has 0 fully saturated rings. The first-order valence-corrected chi connectivity index (χ1v) is 9.28. The van der Waals surface area contributed by atoms with Crippen molar-refractivity contribution in [1.82, 2.24) is 4.98 Å². The first-order chi connectivity index (χ1) is 12.5. The van der Waals surface area contributed by atoms with E-state index in [1.807, 2.05) is 36.4 Å². The summed E-state index contributed by atoms with van der Waals surface area (Å²) in [7, 11) is -0.949. The van der Waals surface area contributed by atoms with Crippen LogP contribution in [0.1, 0.15) is 0 Å². The van der Waals surface area contributed by atoms with Crippen LogP contribution in [0.25, 0.3) is 11.1 Å². The highest BCUT2D eigenvalue weighted by Crippen LogP contribution is 2.29. The van der Waals surface area contributed by atoms with Gasteiger partial charge in [-0.3, -0.25) is 4.72 Å². The molecule has 134 valence electrons. The number of sulfonamides is 1. The summed E-state index contributed by atoms with van der Waals surface area (Å²) >= 11 is 0. The summed E-state index contributed by atoms with van der Waals surface area (Å²) in [6.07, 6.45) is 1.62. The highest BCUT2D eigenvalue weighted by Gasteiger charge is 2.20. The molecule has 0 aliphatic carbocycles. The van der Waals surface area contributed by atoms with Crippen LogP contribution in [0.5, 0.6) is 11.5 Å². The predicted molar refractivity (Wildman–Crippen MR) is 100 cm³/mol. The molecule has 0 radical (unpaired) electrons. The van der Waals surface area contributed by atoms with Crippen molar-refractivity contribution in [2.45, 2.75) is 4.90 Å². The molecule has 1 aromatic heterocycles. The Hall–Kier alpha value is -3.06. The number of aromatic nitrogens is 1. The van der Waals surface area contributed by atoms with Gasteiger partial charge in [-0.25, -0.2) is 13.4 Å². The number of hydrogen-bond acceptors (Lipinski definition) is 5. The van der Waals surface area contributed by atoms with Crippen molar-refractivity contribution in [3.8, 4) is 22.6 Å². The van der Waals surface area contributed by atoms with Crippen molar-refractivity contribution in [2.24, 2.45) is 0 Å². The van der Waals surface area contributed by atoms with Gasteiger partial charge in [0.1, 0.15) is 22.2 Å². The van der Waals surface area contributed by atoms with E-state index in [0.29, 0.717) is 5.75 Å². The van der Waals surface area contributed by atoms with Crippen LogP contribution < -0.4 is 14.2 Å². The summed E-state index contributed by atoms with van der Waals surface area (Å²) in [5, 5.41) is 0. The number of hydrogen-bond donors (Lipinski definition) is 1. The minimum Gasteiger partial charge on any atom is -0.497 e. The quantitative estimate of drug-likeness (QED) is 0.718. The Morgan fingerprint density at radius 3 is 2.27 bits per heavy atom. The van der Waals surface area contributed by atoms with Gasteiger partial charge in [-0.15, -0.1) is 0 Å². The summed E-state index contributed by atoms with van der Waals surface area (Å²) in [5.41, 5.74) is 1.90.